The molecule has 0 amide bonds. The van der Waals surface area contributed by atoms with E-state index in [9.17, 15) is 0 Å². The summed E-state index contributed by atoms with van der Waals surface area (Å²) in [6, 6.07) is 2.34. The van der Waals surface area contributed by atoms with E-state index >= 15 is 0 Å². The van der Waals surface area contributed by atoms with Gasteiger partial charge in [0.1, 0.15) is 0 Å². The molecule has 2 nitrogen and oxygen atoms in total. The lowest BCUT2D eigenvalue weighted by atomic mass is 10.0. The van der Waals surface area contributed by atoms with Gasteiger partial charge in [-0.15, -0.1) is 0 Å². The molecular weight excluding hydrogens is 214 g/mol. The van der Waals surface area contributed by atoms with E-state index in [1.54, 1.807) is 0 Å². The third-order valence-corrected chi connectivity index (χ3v) is 3.12. The first-order chi connectivity index (χ1) is 7.39. The van der Waals surface area contributed by atoms with Gasteiger partial charge in [-0.2, -0.15) is 5.26 Å². The van der Waals surface area contributed by atoms with Crippen molar-refractivity contribution in [3.8, 4) is 6.07 Å². The fraction of sp³-hybridized carbons (Fsp3) is 0.769. The van der Waals surface area contributed by atoms with E-state index in [1.807, 2.05) is 13.0 Å². The molecule has 0 aromatic carbocycles. The van der Waals surface area contributed by atoms with Crippen molar-refractivity contribution in [2.24, 2.45) is 5.92 Å². The van der Waals surface area contributed by atoms with Gasteiger partial charge in [0.15, 0.2) is 0 Å². The molecule has 1 unspecified atom stereocenters. The molecule has 16 heavy (non-hydrogen) atoms. The van der Waals surface area contributed by atoms with Crippen LogP contribution in [-0.2, 0) is 4.43 Å². The molecule has 0 aliphatic carbocycles. The third kappa shape index (κ3) is 8.55. The second-order valence-corrected chi connectivity index (χ2v) is 9.65. The number of hydrogen-bond acceptors (Lipinski definition) is 2. The van der Waals surface area contributed by atoms with E-state index < -0.39 is 8.32 Å². The van der Waals surface area contributed by atoms with Crippen LogP contribution in [0.15, 0.2) is 11.8 Å². The van der Waals surface area contributed by atoms with Gasteiger partial charge in [-0.05, 0) is 39.1 Å². The molecule has 0 fully saturated rings. The van der Waals surface area contributed by atoms with E-state index in [-0.39, 0.29) is 5.92 Å². The Labute approximate surface area is 101 Å². The van der Waals surface area contributed by atoms with Crippen LogP contribution in [-0.4, -0.2) is 8.32 Å². The predicted octanol–water partition coefficient (Wildman–Crippen LogP) is 4.46. The van der Waals surface area contributed by atoms with Gasteiger partial charge in [0.2, 0.25) is 8.32 Å². The molecule has 0 spiro atoms. The summed E-state index contributed by atoms with van der Waals surface area (Å²) in [6.45, 7) is 10.6. The molecule has 0 rings (SSSR count). The van der Waals surface area contributed by atoms with E-state index in [0.29, 0.717) is 0 Å². The minimum atomic E-state index is -1.52. The molecule has 92 valence electrons. The van der Waals surface area contributed by atoms with Crippen molar-refractivity contribution >= 4 is 8.32 Å². The van der Waals surface area contributed by atoms with Crippen molar-refractivity contribution in [3.63, 3.8) is 0 Å². The van der Waals surface area contributed by atoms with Crippen LogP contribution >= 0.6 is 0 Å². The average Bonchev–Trinajstić information content (AvgIpc) is 2.13. The largest absolute Gasteiger partial charge is 0.548 e. The first-order valence-electron chi connectivity index (χ1n) is 6.16. The van der Waals surface area contributed by atoms with Crippen molar-refractivity contribution in [1.82, 2.24) is 0 Å². The maximum absolute atomic E-state index is 9.03. The Hall–Kier alpha value is -0.753. The summed E-state index contributed by atoms with van der Waals surface area (Å²) in [5, 5.41) is 9.03. The Morgan fingerprint density at radius 2 is 2.00 bits per heavy atom. The highest BCUT2D eigenvalue weighted by Crippen LogP contribution is 2.16. The zero-order valence-electron chi connectivity index (χ0n) is 11.3. The van der Waals surface area contributed by atoms with Crippen molar-refractivity contribution in [2.75, 3.05) is 0 Å². The van der Waals surface area contributed by atoms with Gasteiger partial charge < -0.3 is 4.43 Å². The summed E-state index contributed by atoms with van der Waals surface area (Å²) < 4.78 is 5.83. The number of nitriles is 1. The van der Waals surface area contributed by atoms with Crippen LogP contribution in [0.1, 0.15) is 39.5 Å². The molecule has 0 bridgehead atoms. The summed E-state index contributed by atoms with van der Waals surface area (Å²) >= 11 is 0. The summed E-state index contributed by atoms with van der Waals surface area (Å²) in [7, 11) is -1.52. The minimum absolute atomic E-state index is 0.0166. The topological polar surface area (TPSA) is 33.0 Å². The lowest BCUT2D eigenvalue weighted by Crippen LogP contribution is -2.24. The number of hydrogen-bond donors (Lipinski definition) is 0. The Bertz CT molecular complexity index is 260. The van der Waals surface area contributed by atoms with Gasteiger partial charge >= 0.3 is 0 Å². The molecule has 3 heteroatoms. The lowest BCUT2D eigenvalue weighted by molar-refractivity contribution is 0.417. The molecule has 0 aromatic heterocycles. The Kier molecular flexibility index (Phi) is 7.16. The Morgan fingerprint density at radius 1 is 1.38 bits per heavy atom. The monoisotopic (exact) mass is 239 g/mol. The normalized spacial score (nSPS) is 14.4. The number of nitrogens with zero attached hydrogens (tertiary/aromatic N) is 1. The number of unbranched alkanes of at least 4 members (excludes halogenated alkanes) is 2. The predicted molar refractivity (Wildman–Crippen MR) is 71.4 cm³/mol. The highest BCUT2D eigenvalue weighted by Gasteiger charge is 2.16. The van der Waals surface area contributed by atoms with Crippen LogP contribution in [0.2, 0.25) is 19.6 Å². The van der Waals surface area contributed by atoms with Gasteiger partial charge in [-0.1, -0.05) is 26.2 Å². The van der Waals surface area contributed by atoms with Gasteiger partial charge in [0.25, 0.3) is 0 Å². The molecule has 0 saturated carbocycles. The second-order valence-electron chi connectivity index (χ2n) is 5.22. The second kappa shape index (κ2) is 7.51. The van der Waals surface area contributed by atoms with E-state index in [2.05, 4.69) is 32.6 Å². The molecule has 0 radical (unpaired) electrons. The summed E-state index contributed by atoms with van der Waals surface area (Å²) in [6.07, 6.45) is 6.47. The highest BCUT2D eigenvalue weighted by atomic mass is 28.4. The molecule has 0 aromatic rings. The van der Waals surface area contributed by atoms with Crippen LogP contribution < -0.4 is 0 Å². The summed E-state index contributed by atoms with van der Waals surface area (Å²) in [5.74, 6) is 0.935. The zero-order chi connectivity index (χ0) is 12.6. The van der Waals surface area contributed by atoms with Crippen molar-refractivity contribution in [1.29, 1.82) is 5.26 Å². The van der Waals surface area contributed by atoms with Crippen LogP contribution in [0.3, 0.4) is 0 Å². The fourth-order valence-electron chi connectivity index (χ4n) is 1.60. The average molecular weight is 239 g/mol. The SMILES string of the molecule is CCCCCC(C#N)/C=C(/C)O[Si](C)(C)C. The Balaban J connectivity index is 4.18. The molecule has 0 saturated heterocycles. The van der Waals surface area contributed by atoms with Crippen LogP contribution in [0.4, 0.5) is 0 Å². The van der Waals surface area contributed by atoms with Gasteiger partial charge in [-0.25, -0.2) is 0 Å². The Morgan fingerprint density at radius 3 is 2.44 bits per heavy atom. The van der Waals surface area contributed by atoms with Gasteiger partial charge in [0.05, 0.1) is 17.7 Å². The maximum atomic E-state index is 9.03. The summed E-state index contributed by atoms with van der Waals surface area (Å²) in [5.41, 5.74) is 0. The van der Waals surface area contributed by atoms with Gasteiger partial charge in [-0.3, -0.25) is 0 Å². The third-order valence-electron chi connectivity index (χ3n) is 2.19. The van der Waals surface area contributed by atoms with Crippen molar-refractivity contribution < 1.29 is 4.43 Å². The first-order valence-corrected chi connectivity index (χ1v) is 9.57. The van der Waals surface area contributed by atoms with Crippen molar-refractivity contribution in [2.45, 2.75) is 59.2 Å². The zero-order valence-corrected chi connectivity index (χ0v) is 12.3. The standard InChI is InChI=1S/C13H25NOSi/c1-6-7-8-9-13(11-14)10-12(2)15-16(3,4)5/h10,13H,6-9H2,1-5H3/b12-10-. The van der Waals surface area contributed by atoms with Gasteiger partial charge in [0, 0.05) is 0 Å². The van der Waals surface area contributed by atoms with E-state index in [4.69, 9.17) is 9.69 Å². The first kappa shape index (κ1) is 15.2. The van der Waals surface area contributed by atoms with Crippen LogP contribution in [0, 0.1) is 17.2 Å². The van der Waals surface area contributed by atoms with Crippen LogP contribution in [0.25, 0.3) is 0 Å². The lowest BCUT2D eigenvalue weighted by Gasteiger charge is -2.20. The molecule has 1 atom stereocenters. The molecule has 0 aliphatic heterocycles. The highest BCUT2D eigenvalue weighted by molar-refractivity contribution is 6.70. The molecule has 0 aliphatic rings. The fourth-order valence-corrected chi connectivity index (χ4v) is 2.63. The van der Waals surface area contributed by atoms with E-state index in [1.165, 1.54) is 12.8 Å². The number of allylic oxidation sites excluding steroid dienone is 2. The molecular formula is C13H25NOSi. The quantitative estimate of drug-likeness (QED) is 0.373. The number of rotatable bonds is 7. The van der Waals surface area contributed by atoms with Crippen LogP contribution in [0.5, 0.6) is 0 Å². The molecule has 0 heterocycles. The van der Waals surface area contributed by atoms with Crippen molar-refractivity contribution in [3.05, 3.63) is 11.8 Å². The summed E-state index contributed by atoms with van der Waals surface area (Å²) in [4.78, 5) is 0. The maximum Gasteiger partial charge on any atom is 0.241 e. The minimum Gasteiger partial charge on any atom is -0.548 e. The van der Waals surface area contributed by atoms with E-state index in [0.717, 1.165) is 18.6 Å². The molecule has 0 N–H and O–H groups in total. The smallest absolute Gasteiger partial charge is 0.241 e.